The Labute approximate surface area is 114 Å². The molecule has 4 heteroatoms. The van der Waals surface area contributed by atoms with Crippen LogP contribution in [-0.4, -0.2) is 37.0 Å². The summed E-state index contributed by atoms with van der Waals surface area (Å²) in [5.74, 6) is -0.445. The fourth-order valence-corrected chi connectivity index (χ4v) is 2.05. The van der Waals surface area contributed by atoms with Gasteiger partial charge in [0.2, 0.25) is 0 Å². The van der Waals surface area contributed by atoms with Crippen molar-refractivity contribution in [2.45, 2.75) is 27.2 Å². The average molecular weight is 266 g/mol. The van der Waals surface area contributed by atoms with E-state index < -0.39 is 0 Å². The predicted molar refractivity (Wildman–Crippen MR) is 75.9 cm³/mol. The number of nitrogens with one attached hydrogen (secondary N) is 1. The monoisotopic (exact) mass is 266 g/mol. The Morgan fingerprint density at radius 3 is 2.63 bits per heavy atom. The van der Waals surface area contributed by atoms with Gasteiger partial charge in [-0.25, -0.2) is 4.39 Å². The van der Waals surface area contributed by atoms with E-state index in [0.29, 0.717) is 17.7 Å². The van der Waals surface area contributed by atoms with Crippen LogP contribution in [0.15, 0.2) is 18.2 Å². The molecule has 1 amide bonds. The molecule has 1 aromatic rings. The van der Waals surface area contributed by atoms with Crippen LogP contribution in [0.4, 0.5) is 4.39 Å². The summed E-state index contributed by atoms with van der Waals surface area (Å²) in [6.45, 7) is 9.49. The lowest BCUT2D eigenvalue weighted by molar-refractivity contribution is 0.0948. The molecule has 0 atom stereocenters. The highest BCUT2D eigenvalue weighted by Crippen LogP contribution is 2.09. The molecule has 0 bridgehead atoms. The second-order valence-electron chi connectivity index (χ2n) is 4.65. The van der Waals surface area contributed by atoms with E-state index in [-0.39, 0.29) is 11.7 Å². The highest BCUT2D eigenvalue weighted by Gasteiger charge is 2.09. The quantitative estimate of drug-likeness (QED) is 0.822. The molecule has 106 valence electrons. The fraction of sp³-hybridized carbons (Fsp3) is 0.533. The Bertz CT molecular complexity index is 421. The normalized spacial score (nSPS) is 10.8. The molecule has 0 fully saturated rings. The lowest BCUT2D eigenvalue weighted by Gasteiger charge is -2.19. The van der Waals surface area contributed by atoms with E-state index >= 15 is 0 Å². The number of benzene rings is 1. The number of likely N-dealkylation sites (N-methyl/N-ethyl adjacent to an activating group) is 1. The maximum Gasteiger partial charge on any atom is 0.251 e. The van der Waals surface area contributed by atoms with E-state index in [2.05, 4.69) is 24.1 Å². The predicted octanol–water partition coefficient (Wildman–Crippen LogP) is 2.60. The Morgan fingerprint density at radius 1 is 1.32 bits per heavy atom. The van der Waals surface area contributed by atoms with Crippen LogP contribution in [0.25, 0.3) is 0 Å². The topological polar surface area (TPSA) is 32.3 Å². The lowest BCUT2D eigenvalue weighted by Crippen LogP contribution is -2.35. The minimum absolute atomic E-state index is 0.134. The van der Waals surface area contributed by atoms with Gasteiger partial charge in [-0.2, -0.15) is 0 Å². The van der Waals surface area contributed by atoms with Gasteiger partial charge in [0.15, 0.2) is 0 Å². The van der Waals surface area contributed by atoms with Crippen LogP contribution in [0.3, 0.4) is 0 Å². The molecule has 0 aliphatic heterocycles. The third-order valence-electron chi connectivity index (χ3n) is 3.13. The summed E-state index contributed by atoms with van der Waals surface area (Å²) in [5, 5.41) is 2.88. The molecule has 1 aromatic carbocycles. The van der Waals surface area contributed by atoms with Crippen LogP contribution in [0.1, 0.15) is 36.2 Å². The van der Waals surface area contributed by atoms with E-state index in [1.165, 1.54) is 18.2 Å². The third kappa shape index (κ3) is 4.99. The zero-order chi connectivity index (χ0) is 14.3. The number of rotatable bonds is 7. The molecule has 0 aromatic heterocycles. The van der Waals surface area contributed by atoms with Gasteiger partial charge in [0.1, 0.15) is 5.82 Å². The van der Waals surface area contributed by atoms with Gasteiger partial charge >= 0.3 is 0 Å². The van der Waals surface area contributed by atoms with Crippen molar-refractivity contribution < 1.29 is 9.18 Å². The Morgan fingerprint density at radius 2 is 2.05 bits per heavy atom. The van der Waals surface area contributed by atoms with Crippen LogP contribution in [0.5, 0.6) is 0 Å². The third-order valence-corrected chi connectivity index (χ3v) is 3.13. The highest BCUT2D eigenvalue weighted by atomic mass is 19.1. The van der Waals surface area contributed by atoms with Gasteiger partial charge in [0.05, 0.1) is 0 Å². The van der Waals surface area contributed by atoms with E-state index in [9.17, 15) is 9.18 Å². The fourth-order valence-electron chi connectivity index (χ4n) is 2.05. The van der Waals surface area contributed by atoms with Crippen molar-refractivity contribution in [1.29, 1.82) is 0 Å². The molecule has 19 heavy (non-hydrogen) atoms. The average Bonchev–Trinajstić information content (AvgIpc) is 2.37. The first kappa shape index (κ1) is 15.6. The summed E-state index contributed by atoms with van der Waals surface area (Å²) in [4.78, 5) is 14.2. The maximum atomic E-state index is 13.0. The Hall–Kier alpha value is -1.42. The van der Waals surface area contributed by atoms with Gasteiger partial charge in [0, 0.05) is 18.7 Å². The van der Waals surface area contributed by atoms with Gasteiger partial charge in [0.25, 0.3) is 5.91 Å². The molecular formula is C15H23FN2O. The number of carbonyl (C=O) groups excluding carboxylic acids is 1. The van der Waals surface area contributed by atoms with Gasteiger partial charge in [-0.15, -0.1) is 0 Å². The summed E-state index contributed by atoms with van der Waals surface area (Å²) in [5.41, 5.74) is 1.21. The van der Waals surface area contributed by atoms with Gasteiger partial charge in [-0.3, -0.25) is 4.79 Å². The largest absolute Gasteiger partial charge is 0.351 e. The molecule has 0 aliphatic carbocycles. The van der Waals surface area contributed by atoms with Crippen LogP contribution in [-0.2, 0) is 0 Å². The minimum Gasteiger partial charge on any atom is -0.351 e. The highest BCUT2D eigenvalue weighted by molar-refractivity contribution is 5.95. The van der Waals surface area contributed by atoms with E-state index in [1.54, 1.807) is 6.92 Å². The van der Waals surface area contributed by atoms with Crippen molar-refractivity contribution in [3.8, 4) is 0 Å². The summed E-state index contributed by atoms with van der Waals surface area (Å²) in [7, 11) is 0. The number of hydrogen-bond acceptors (Lipinski definition) is 2. The molecule has 1 rings (SSSR count). The van der Waals surface area contributed by atoms with Crippen molar-refractivity contribution in [2.75, 3.05) is 26.2 Å². The molecule has 0 radical (unpaired) electrons. The Kier molecular flexibility index (Phi) is 6.50. The number of nitrogens with zero attached hydrogens (tertiary/aromatic N) is 1. The van der Waals surface area contributed by atoms with Crippen LogP contribution in [0.2, 0.25) is 0 Å². The van der Waals surface area contributed by atoms with E-state index in [4.69, 9.17) is 0 Å². The zero-order valence-corrected chi connectivity index (χ0v) is 12.0. The number of aryl methyl sites for hydroxylation is 1. The number of amides is 1. The Balaban J connectivity index is 2.47. The van der Waals surface area contributed by atoms with Crippen LogP contribution in [0, 0.1) is 12.7 Å². The van der Waals surface area contributed by atoms with Gasteiger partial charge in [-0.1, -0.05) is 13.8 Å². The van der Waals surface area contributed by atoms with Crippen molar-refractivity contribution in [3.63, 3.8) is 0 Å². The lowest BCUT2D eigenvalue weighted by atomic mass is 10.1. The molecule has 0 aliphatic rings. The number of carbonyl (C=O) groups is 1. The van der Waals surface area contributed by atoms with Crippen molar-refractivity contribution in [1.82, 2.24) is 10.2 Å². The first-order valence-electron chi connectivity index (χ1n) is 6.85. The summed E-state index contributed by atoms with van der Waals surface area (Å²) in [6, 6.07) is 4.23. The first-order chi connectivity index (χ1) is 9.08. The van der Waals surface area contributed by atoms with Crippen molar-refractivity contribution in [3.05, 3.63) is 35.1 Å². The summed E-state index contributed by atoms with van der Waals surface area (Å²) in [6.07, 6.45) is 1.11. The maximum absolute atomic E-state index is 13.0. The van der Waals surface area contributed by atoms with E-state index in [1.807, 2.05) is 0 Å². The molecule has 0 saturated carbocycles. The van der Waals surface area contributed by atoms with Crippen LogP contribution >= 0.6 is 0 Å². The molecule has 1 N–H and O–H groups in total. The SMILES string of the molecule is CCCN(CC)CCNC(=O)c1ccc(F)cc1C. The second kappa shape index (κ2) is 7.89. The van der Waals surface area contributed by atoms with Crippen molar-refractivity contribution in [2.24, 2.45) is 0 Å². The summed E-state index contributed by atoms with van der Waals surface area (Å²) >= 11 is 0. The van der Waals surface area contributed by atoms with Crippen LogP contribution < -0.4 is 5.32 Å². The van der Waals surface area contributed by atoms with Crippen molar-refractivity contribution >= 4 is 5.91 Å². The second-order valence-corrected chi connectivity index (χ2v) is 4.65. The summed E-state index contributed by atoms with van der Waals surface area (Å²) < 4.78 is 13.0. The first-order valence-corrected chi connectivity index (χ1v) is 6.85. The number of hydrogen-bond donors (Lipinski definition) is 1. The molecule has 0 heterocycles. The van der Waals surface area contributed by atoms with Gasteiger partial charge < -0.3 is 10.2 Å². The molecular weight excluding hydrogens is 243 g/mol. The molecule has 0 unspecified atom stereocenters. The minimum atomic E-state index is -0.311. The molecule has 0 spiro atoms. The smallest absolute Gasteiger partial charge is 0.251 e. The standard InChI is InChI=1S/C15H23FN2O/c1-4-9-18(5-2)10-8-17-15(19)14-7-6-13(16)11-12(14)3/h6-7,11H,4-5,8-10H2,1-3H3,(H,17,19). The van der Waals surface area contributed by atoms with Gasteiger partial charge in [-0.05, 0) is 50.2 Å². The zero-order valence-electron chi connectivity index (χ0n) is 12.0. The van der Waals surface area contributed by atoms with E-state index in [0.717, 1.165) is 26.1 Å². The molecule has 3 nitrogen and oxygen atoms in total. The number of halogens is 1. The molecule has 0 saturated heterocycles.